The van der Waals surface area contributed by atoms with Gasteiger partial charge >= 0.3 is 10.2 Å². The molecule has 0 saturated carbocycles. The average molecular weight is 567 g/mol. The molecule has 0 bridgehead atoms. The first kappa shape index (κ1) is 28.6. The molecule has 1 amide bonds. The Hall–Kier alpha value is -4.36. The highest BCUT2D eigenvalue weighted by Gasteiger charge is 2.41. The van der Waals surface area contributed by atoms with Crippen molar-refractivity contribution in [3.05, 3.63) is 61.3 Å². The summed E-state index contributed by atoms with van der Waals surface area (Å²) >= 11 is 0. The molecule has 1 aliphatic heterocycles. The molecule has 0 fully saturated rings. The minimum absolute atomic E-state index is 0.146. The summed E-state index contributed by atoms with van der Waals surface area (Å²) in [5, 5.41) is 5.98. The lowest BCUT2D eigenvalue weighted by atomic mass is 10.2. The van der Waals surface area contributed by atoms with Crippen molar-refractivity contribution in [2.75, 3.05) is 72.0 Å². The molecule has 0 aliphatic carbocycles. The van der Waals surface area contributed by atoms with Gasteiger partial charge in [-0.1, -0.05) is 18.7 Å². The maximum Gasteiger partial charge on any atom is 0.332 e. The van der Waals surface area contributed by atoms with Crippen LogP contribution in [-0.2, 0) is 15.0 Å². The number of hydrogen-bond acceptors (Lipinski definition) is 9. The van der Waals surface area contributed by atoms with Gasteiger partial charge in [0.15, 0.2) is 5.82 Å². The zero-order valence-electron chi connectivity index (χ0n) is 23.2. The number of benzene rings is 2. The van der Waals surface area contributed by atoms with E-state index in [9.17, 15) is 13.2 Å². The molecule has 0 atom stereocenters. The number of rotatable bonds is 11. The summed E-state index contributed by atoms with van der Waals surface area (Å²) in [6.07, 6.45) is 2.68. The summed E-state index contributed by atoms with van der Waals surface area (Å²) in [4.78, 5) is 25.2. The third-order valence-electron chi connectivity index (χ3n) is 6.32. The Bertz CT molecular complexity index is 1510. The van der Waals surface area contributed by atoms with Crippen molar-refractivity contribution in [1.29, 1.82) is 0 Å². The molecule has 40 heavy (non-hydrogen) atoms. The number of likely N-dealkylation sites (N-methyl/N-ethyl adjacent to an activating group) is 2. The number of fused-ring (bicyclic) bond motifs is 1. The van der Waals surface area contributed by atoms with E-state index in [0.717, 1.165) is 12.2 Å². The maximum absolute atomic E-state index is 13.4. The number of carbonyl (C=O) groups excluding carboxylic acids is 1. The fraction of sp³-hybridized carbons (Fsp3) is 0.296. The molecule has 0 spiro atoms. The normalized spacial score (nSPS) is 13.7. The molecule has 4 rings (SSSR count). The summed E-state index contributed by atoms with van der Waals surface area (Å²) in [5.41, 5.74) is 2.83. The monoisotopic (exact) mass is 566 g/mol. The maximum atomic E-state index is 13.4. The lowest BCUT2D eigenvalue weighted by molar-refractivity contribution is -0.111. The van der Waals surface area contributed by atoms with E-state index < -0.39 is 10.2 Å². The van der Waals surface area contributed by atoms with E-state index >= 15 is 0 Å². The van der Waals surface area contributed by atoms with Gasteiger partial charge in [-0.3, -0.25) is 9.10 Å². The van der Waals surface area contributed by atoms with Crippen molar-refractivity contribution >= 4 is 56.3 Å². The molecular weight excluding hydrogens is 532 g/mol. The fourth-order valence-electron chi connectivity index (χ4n) is 4.32. The third-order valence-corrected chi connectivity index (χ3v) is 8.17. The lowest BCUT2D eigenvalue weighted by Gasteiger charge is -2.26. The molecule has 0 saturated heterocycles. The molecule has 13 heteroatoms. The number of hydrogen-bond donors (Lipinski definition) is 2. The van der Waals surface area contributed by atoms with Crippen LogP contribution < -0.4 is 28.9 Å². The van der Waals surface area contributed by atoms with Crippen LogP contribution in [0, 0.1) is 0 Å². The van der Waals surface area contributed by atoms with Crippen LogP contribution in [0.4, 0.5) is 40.2 Å². The summed E-state index contributed by atoms with van der Waals surface area (Å²) < 4.78 is 35.0. The quantitative estimate of drug-likeness (QED) is 0.335. The largest absolute Gasteiger partial charge is 0.494 e. The lowest BCUT2D eigenvalue weighted by Crippen LogP contribution is -2.35. The van der Waals surface area contributed by atoms with Gasteiger partial charge in [-0.15, -0.1) is 0 Å². The highest BCUT2D eigenvalue weighted by atomic mass is 32.2. The minimum Gasteiger partial charge on any atom is -0.494 e. The smallest absolute Gasteiger partial charge is 0.332 e. The van der Waals surface area contributed by atoms with E-state index in [1.807, 2.05) is 26.0 Å². The summed E-state index contributed by atoms with van der Waals surface area (Å²) in [6.45, 7) is 7.10. The third kappa shape index (κ3) is 5.65. The van der Waals surface area contributed by atoms with Gasteiger partial charge in [-0.2, -0.15) is 13.4 Å². The minimum atomic E-state index is -3.88. The molecule has 0 unspecified atom stereocenters. The number of amides is 1. The van der Waals surface area contributed by atoms with Gasteiger partial charge in [0, 0.05) is 45.0 Å². The van der Waals surface area contributed by atoms with Gasteiger partial charge in [-0.05, 0) is 45.3 Å². The van der Waals surface area contributed by atoms with Gasteiger partial charge in [-0.25, -0.2) is 9.29 Å². The number of para-hydroxylation sites is 2. The Kier molecular flexibility index (Phi) is 8.45. The highest BCUT2D eigenvalue weighted by Crippen LogP contribution is 2.44. The average Bonchev–Trinajstić information content (AvgIpc) is 3.17. The van der Waals surface area contributed by atoms with E-state index in [4.69, 9.17) is 4.74 Å². The van der Waals surface area contributed by atoms with E-state index in [2.05, 4.69) is 32.1 Å². The second kappa shape index (κ2) is 11.8. The first-order valence-corrected chi connectivity index (χ1v) is 14.0. The predicted octanol–water partition coefficient (Wildman–Crippen LogP) is 3.57. The molecule has 1 aromatic heterocycles. The number of aromatic nitrogens is 2. The van der Waals surface area contributed by atoms with Crippen molar-refractivity contribution in [1.82, 2.24) is 14.9 Å². The van der Waals surface area contributed by atoms with E-state index in [0.29, 0.717) is 35.0 Å². The molecule has 0 radical (unpaired) electrons. The second-order valence-electron chi connectivity index (χ2n) is 9.28. The van der Waals surface area contributed by atoms with Gasteiger partial charge < -0.3 is 25.2 Å². The summed E-state index contributed by atoms with van der Waals surface area (Å²) in [5.74, 6) is 0.442. The Morgan fingerprint density at radius 1 is 1.10 bits per heavy atom. The van der Waals surface area contributed by atoms with Gasteiger partial charge in [0.2, 0.25) is 11.9 Å². The van der Waals surface area contributed by atoms with Crippen LogP contribution in [0.5, 0.6) is 5.75 Å². The Balaban J connectivity index is 1.72. The predicted molar refractivity (Wildman–Crippen MR) is 159 cm³/mol. The molecule has 2 heterocycles. The van der Waals surface area contributed by atoms with Crippen molar-refractivity contribution in [2.24, 2.45) is 0 Å². The van der Waals surface area contributed by atoms with Crippen molar-refractivity contribution in [3.8, 4) is 5.75 Å². The van der Waals surface area contributed by atoms with Crippen LogP contribution in [0.25, 0.3) is 0 Å². The van der Waals surface area contributed by atoms with Crippen LogP contribution in [0.2, 0.25) is 0 Å². The first-order chi connectivity index (χ1) is 19.1. The van der Waals surface area contributed by atoms with Crippen molar-refractivity contribution in [2.45, 2.75) is 6.92 Å². The van der Waals surface area contributed by atoms with Crippen LogP contribution in [-0.4, -0.2) is 77.1 Å². The highest BCUT2D eigenvalue weighted by molar-refractivity contribution is 7.95. The Labute approximate surface area is 235 Å². The number of ether oxygens (including phenoxy) is 1. The first-order valence-electron chi connectivity index (χ1n) is 12.6. The molecule has 12 nitrogen and oxygen atoms in total. The van der Waals surface area contributed by atoms with E-state index in [1.54, 1.807) is 43.3 Å². The standard InChI is InChI=1S/C27H34N8O4S/c1-7-26(36)29-19-17-20(24(39-6)18-23(19)33(5)16-15-32(3)4)30-27-28-14-13-25(31-27)35-22-12-10-9-11-21(22)34(8-2)40(35,37)38/h7,9-14,17-18H,1,8,15-16H2,2-6H3,(H,29,36)(H,28,30,31). The Morgan fingerprint density at radius 3 is 2.48 bits per heavy atom. The summed E-state index contributed by atoms with van der Waals surface area (Å²) in [7, 11) is 3.56. The van der Waals surface area contributed by atoms with Gasteiger partial charge in [0.1, 0.15) is 5.75 Å². The van der Waals surface area contributed by atoms with E-state index in [-0.39, 0.29) is 24.2 Å². The number of methoxy groups -OCH3 is 1. The fourth-order valence-corrected chi connectivity index (χ4v) is 5.99. The van der Waals surface area contributed by atoms with E-state index in [1.165, 1.54) is 34.1 Å². The van der Waals surface area contributed by atoms with Crippen molar-refractivity contribution < 1.29 is 17.9 Å². The molecule has 2 N–H and O–H groups in total. The van der Waals surface area contributed by atoms with Crippen LogP contribution in [0.3, 0.4) is 0 Å². The number of nitrogens with one attached hydrogen (secondary N) is 2. The van der Waals surface area contributed by atoms with Gasteiger partial charge in [0.05, 0.1) is 35.5 Å². The number of nitrogens with zero attached hydrogens (tertiary/aromatic N) is 6. The van der Waals surface area contributed by atoms with Crippen molar-refractivity contribution in [3.63, 3.8) is 0 Å². The number of anilines is 7. The zero-order valence-corrected chi connectivity index (χ0v) is 24.1. The molecule has 212 valence electrons. The SMILES string of the molecule is C=CC(=O)Nc1cc(Nc2nccc(N3c4ccccc4N(CC)S3(=O)=O)n2)c(OC)cc1N(C)CCN(C)C. The van der Waals surface area contributed by atoms with Crippen LogP contribution in [0.1, 0.15) is 6.92 Å². The Morgan fingerprint density at radius 2 is 1.82 bits per heavy atom. The second-order valence-corrected chi connectivity index (χ2v) is 11.0. The molecule has 3 aromatic rings. The zero-order chi connectivity index (χ0) is 29.0. The molecule has 1 aliphatic rings. The topological polar surface area (TPSA) is 123 Å². The molecular formula is C27H34N8O4S. The van der Waals surface area contributed by atoms with Gasteiger partial charge in [0.25, 0.3) is 0 Å². The molecule has 2 aromatic carbocycles. The number of carbonyl (C=O) groups is 1. The summed E-state index contributed by atoms with van der Waals surface area (Å²) in [6, 6.07) is 12.1. The van der Waals surface area contributed by atoms with Crippen LogP contribution >= 0.6 is 0 Å². The van der Waals surface area contributed by atoms with Crippen LogP contribution in [0.15, 0.2) is 61.3 Å².